The van der Waals surface area contributed by atoms with Crippen molar-refractivity contribution >= 4 is 17.6 Å². The van der Waals surface area contributed by atoms with Crippen molar-refractivity contribution in [3.8, 4) is 11.1 Å². The van der Waals surface area contributed by atoms with Crippen LogP contribution in [0.1, 0.15) is 68.2 Å². The van der Waals surface area contributed by atoms with E-state index in [1.807, 2.05) is 6.92 Å². The van der Waals surface area contributed by atoms with Crippen LogP contribution in [0.2, 0.25) is 0 Å². The molecule has 2 saturated carbocycles. The van der Waals surface area contributed by atoms with E-state index in [-0.39, 0.29) is 28.6 Å². The zero-order valence-corrected chi connectivity index (χ0v) is 20.1. The number of carbonyl (C=O) groups excluding carboxylic acids is 2. The Morgan fingerprint density at radius 3 is 2.67 bits per heavy atom. The number of halogens is 1. The molecule has 5 rings (SSSR count). The average molecular weight is 499 g/mol. The standard InChI is InChI=1S/C26H32FN7O2/c1-4-18-21(14(3)32-33-18)17-10-11-20(29-24(17)27)30-26(36)23(22(15-6-7-15)16-8-9-16)31-25(35)19-12-13-28-34(19)5-2/h10-13,15-16,22-23H,4-9H2,1-3H3,(H,31,35)(H,32,33)(H,29,30,36)/i1D3,4D2. The molecule has 0 spiro atoms. The Morgan fingerprint density at radius 2 is 2.03 bits per heavy atom. The van der Waals surface area contributed by atoms with Gasteiger partial charge < -0.3 is 10.6 Å². The van der Waals surface area contributed by atoms with Gasteiger partial charge in [0.1, 0.15) is 17.6 Å². The number of nitrogens with one attached hydrogen (secondary N) is 3. The first kappa shape index (κ1) is 18.7. The fourth-order valence-electron chi connectivity index (χ4n) is 4.96. The molecule has 1 unspecified atom stereocenters. The number of nitrogens with zero attached hydrogens (tertiary/aromatic N) is 4. The lowest BCUT2D eigenvalue weighted by Gasteiger charge is -2.27. The number of hydrogen-bond donors (Lipinski definition) is 3. The zero-order valence-electron chi connectivity index (χ0n) is 25.1. The molecule has 0 saturated heterocycles. The van der Waals surface area contributed by atoms with Crippen LogP contribution in [0, 0.1) is 30.6 Å². The molecule has 0 radical (unpaired) electrons. The number of aromatic nitrogens is 5. The second-order valence-electron chi connectivity index (χ2n) is 9.46. The van der Waals surface area contributed by atoms with Crippen LogP contribution in [0.15, 0.2) is 24.4 Å². The Balaban J connectivity index is 1.41. The summed E-state index contributed by atoms with van der Waals surface area (Å²) < 4.78 is 55.9. The molecule has 9 nitrogen and oxygen atoms in total. The fourth-order valence-corrected chi connectivity index (χ4v) is 4.96. The summed E-state index contributed by atoms with van der Waals surface area (Å²) in [7, 11) is 0. The number of rotatable bonds is 10. The van der Waals surface area contributed by atoms with Gasteiger partial charge in [-0.15, -0.1) is 0 Å². The molecule has 3 N–H and O–H groups in total. The van der Waals surface area contributed by atoms with Gasteiger partial charge in [0.05, 0.1) is 5.69 Å². The van der Waals surface area contributed by atoms with Crippen molar-refractivity contribution in [2.24, 2.45) is 17.8 Å². The molecule has 3 aromatic heterocycles. The molecule has 0 bridgehead atoms. The lowest BCUT2D eigenvalue weighted by atomic mass is 9.88. The molecule has 2 aliphatic rings. The van der Waals surface area contributed by atoms with Gasteiger partial charge in [-0.2, -0.15) is 14.6 Å². The Bertz CT molecular complexity index is 1450. The van der Waals surface area contributed by atoms with Crippen LogP contribution in [-0.4, -0.2) is 42.8 Å². The van der Waals surface area contributed by atoms with Crippen LogP contribution in [0.3, 0.4) is 0 Å². The number of carbonyl (C=O) groups is 2. The summed E-state index contributed by atoms with van der Waals surface area (Å²) >= 11 is 0. The molecule has 36 heavy (non-hydrogen) atoms. The minimum Gasteiger partial charge on any atom is -0.339 e. The van der Waals surface area contributed by atoms with Crippen LogP contribution >= 0.6 is 0 Å². The summed E-state index contributed by atoms with van der Waals surface area (Å²) in [6.45, 7) is 0.822. The summed E-state index contributed by atoms with van der Waals surface area (Å²) in [5.41, 5.74) is -0.0693. The van der Waals surface area contributed by atoms with E-state index in [9.17, 15) is 9.59 Å². The van der Waals surface area contributed by atoms with Gasteiger partial charge in [-0.3, -0.25) is 19.4 Å². The number of hydrogen-bond acceptors (Lipinski definition) is 5. The van der Waals surface area contributed by atoms with Crippen molar-refractivity contribution in [2.45, 2.75) is 65.3 Å². The molecule has 1 atom stereocenters. The topological polar surface area (TPSA) is 118 Å². The highest BCUT2D eigenvalue weighted by molar-refractivity contribution is 6.00. The molecule has 2 fully saturated rings. The first-order valence-electron chi connectivity index (χ1n) is 14.7. The van der Waals surface area contributed by atoms with Gasteiger partial charge >= 0.3 is 0 Å². The molecule has 3 aromatic rings. The smallest absolute Gasteiger partial charge is 0.270 e. The second kappa shape index (κ2) is 9.83. The number of pyridine rings is 1. The van der Waals surface area contributed by atoms with E-state index >= 15 is 4.39 Å². The quantitative estimate of drug-likeness (QED) is 0.367. The summed E-state index contributed by atoms with van der Waals surface area (Å²) in [4.78, 5) is 30.7. The van der Waals surface area contributed by atoms with E-state index in [0.717, 1.165) is 25.7 Å². The van der Waals surface area contributed by atoms with Crippen LogP contribution in [0.4, 0.5) is 10.2 Å². The highest BCUT2D eigenvalue weighted by Gasteiger charge is 2.48. The predicted molar refractivity (Wildman–Crippen MR) is 133 cm³/mol. The van der Waals surface area contributed by atoms with Crippen LogP contribution in [-0.2, 0) is 17.7 Å². The van der Waals surface area contributed by atoms with E-state index in [1.165, 1.54) is 25.3 Å². The second-order valence-corrected chi connectivity index (χ2v) is 9.46. The first-order chi connectivity index (χ1) is 19.3. The summed E-state index contributed by atoms with van der Waals surface area (Å²) in [6.07, 6.45) is 2.58. The number of amides is 2. The van der Waals surface area contributed by atoms with Crippen molar-refractivity contribution in [3.63, 3.8) is 0 Å². The van der Waals surface area contributed by atoms with Gasteiger partial charge in [-0.25, -0.2) is 4.98 Å². The lowest BCUT2D eigenvalue weighted by molar-refractivity contribution is -0.119. The molecule has 0 aliphatic heterocycles. The maximum atomic E-state index is 15.4. The minimum atomic E-state index is -3.05. The number of anilines is 1. The molecule has 0 aromatic carbocycles. The van der Waals surface area contributed by atoms with Crippen LogP contribution < -0.4 is 10.6 Å². The number of aromatic amines is 1. The van der Waals surface area contributed by atoms with Gasteiger partial charge in [-0.05, 0) is 81.9 Å². The largest absolute Gasteiger partial charge is 0.339 e. The summed E-state index contributed by atoms with van der Waals surface area (Å²) in [5, 5.41) is 16.1. The molecular weight excluding hydrogens is 461 g/mol. The van der Waals surface area contributed by atoms with E-state index in [1.54, 1.807) is 10.7 Å². The SMILES string of the molecule is [2H]C([2H])([2H])C([2H])([2H])c1n[nH]c(C)c1-c1ccc(NC(=O)C(NC(=O)c2ccnn2CC)C(C2CC2)C2CC2)nc1F. The molecule has 190 valence electrons. The van der Waals surface area contributed by atoms with E-state index in [2.05, 4.69) is 30.9 Å². The van der Waals surface area contributed by atoms with E-state index in [0.29, 0.717) is 24.1 Å². The third-order valence-corrected chi connectivity index (χ3v) is 6.97. The van der Waals surface area contributed by atoms with Gasteiger partial charge in [-0.1, -0.05) is 6.85 Å². The highest BCUT2D eigenvalue weighted by atomic mass is 19.1. The molecule has 3 heterocycles. The Kier molecular flexibility index (Phi) is 5.10. The maximum absolute atomic E-state index is 15.4. The average Bonchev–Trinajstić information content (AvgIpc) is 3.83. The van der Waals surface area contributed by atoms with Crippen molar-refractivity contribution in [1.29, 1.82) is 0 Å². The third kappa shape index (κ3) is 4.76. The van der Waals surface area contributed by atoms with Gasteiger partial charge in [0.2, 0.25) is 11.9 Å². The number of H-pyrrole nitrogens is 1. The third-order valence-electron chi connectivity index (χ3n) is 6.97. The minimum absolute atomic E-state index is 0.0470. The lowest BCUT2D eigenvalue weighted by Crippen LogP contribution is -2.50. The van der Waals surface area contributed by atoms with Crippen molar-refractivity contribution in [1.82, 2.24) is 30.3 Å². The van der Waals surface area contributed by atoms with Crippen molar-refractivity contribution in [2.75, 3.05) is 5.32 Å². The summed E-state index contributed by atoms with van der Waals surface area (Å²) in [5.74, 6) is -1.49. The van der Waals surface area contributed by atoms with Crippen LogP contribution in [0.25, 0.3) is 11.1 Å². The first-order valence-corrected chi connectivity index (χ1v) is 12.2. The van der Waals surface area contributed by atoms with Gasteiger partial charge in [0.15, 0.2) is 0 Å². The number of aryl methyl sites for hydroxylation is 3. The van der Waals surface area contributed by atoms with E-state index < -0.39 is 42.7 Å². The molecule has 2 aliphatic carbocycles. The Morgan fingerprint density at radius 1 is 1.28 bits per heavy atom. The normalized spacial score (nSPS) is 19.1. The fraction of sp³-hybridized carbons (Fsp3) is 0.500. The van der Waals surface area contributed by atoms with Crippen molar-refractivity contribution in [3.05, 3.63) is 47.4 Å². The molecule has 10 heteroatoms. The predicted octanol–water partition coefficient (Wildman–Crippen LogP) is 3.87. The van der Waals surface area contributed by atoms with Crippen LogP contribution in [0.5, 0.6) is 0 Å². The van der Waals surface area contributed by atoms with E-state index in [4.69, 9.17) is 6.85 Å². The Hall–Kier alpha value is -3.56. The highest BCUT2D eigenvalue weighted by Crippen LogP contribution is 2.51. The Labute approximate surface area is 216 Å². The van der Waals surface area contributed by atoms with Crippen molar-refractivity contribution < 1.29 is 20.8 Å². The molecule has 2 amide bonds. The monoisotopic (exact) mass is 498 g/mol. The van der Waals surface area contributed by atoms with Gasteiger partial charge in [0.25, 0.3) is 5.91 Å². The van der Waals surface area contributed by atoms with Gasteiger partial charge in [0, 0.05) is 36.4 Å². The summed E-state index contributed by atoms with van der Waals surface area (Å²) in [6, 6.07) is 3.38. The molecular formula is C26H32FN7O2. The zero-order chi connectivity index (χ0) is 29.7. The maximum Gasteiger partial charge on any atom is 0.270 e.